The van der Waals surface area contributed by atoms with Crippen LogP contribution in [0.5, 0.6) is 5.75 Å². The zero-order chi connectivity index (χ0) is 23.1. The smallest absolute Gasteiger partial charge is 0.407 e. The minimum Gasteiger partial charge on any atom is -0.491 e. The van der Waals surface area contributed by atoms with Crippen molar-refractivity contribution in [3.8, 4) is 5.75 Å². The monoisotopic (exact) mass is 467 g/mol. The van der Waals surface area contributed by atoms with Crippen molar-refractivity contribution in [2.24, 2.45) is 0 Å². The molecule has 3 aromatic rings. The third-order valence-electron chi connectivity index (χ3n) is 6.15. The number of hydrogen-bond donors (Lipinski definition) is 3. The molecule has 0 aliphatic carbocycles. The van der Waals surface area contributed by atoms with Gasteiger partial charge in [0.25, 0.3) is 5.91 Å². The highest BCUT2D eigenvalue weighted by atomic mass is 32.1. The Bertz CT molecular complexity index is 1240. The van der Waals surface area contributed by atoms with Crippen LogP contribution in [-0.4, -0.2) is 65.8 Å². The lowest BCUT2D eigenvalue weighted by Crippen LogP contribution is -2.48. The van der Waals surface area contributed by atoms with E-state index in [0.717, 1.165) is 32.9 Å². The lowest BCUT2D eigenvalue weighted by molar-refractivity contribution is 0.0920. The van der Waals surface area contributed by atoms with E-state index in [1.807, 2.05) is 37.3 Å². The van der Waals surface area contributed by atoms with Crippen LogP contribution in [0.1, 0.15) is 20.9 Å². The van der Waals surface area contributed by atoms with Crippen molar-refractivity contribution in [2.45, 2.75) is 19.4 Å². The summed E-state index contributed by atoms with van der Waals surface area (Å²) in [4.78, 5) is 33.3. The average molecular weight is 468 g/mol. The first-order valence-corrected chi connectivity index (χ1v) is 11.7. The van der Waals surface area contributed by atoms with Crippen LogP contribution in [-0.2, 0) is 6.42 Å². The predicted octanol–water partition coefficient (Wildman–Crippen LogP) is 2.72. The third-order valence-corrected chi connectivity index (χ3v) is 7.26. The third kappa shape index (κ3) is 4.13. The van der Waals surface area contributed by atoms with Crippen LogP contribution < -0.4 is 20.7 Å². The molecule has 4 heterocycles. The van der Waals surface area contributed by atoms with Crippen LogP contribution in [0.25, 0.3) is 10.2 Å². The van der Waals surface area contributed by atoms with Crippen LogP contribution in [0.15, 0.2) is 30.3 Å². The molecule has 1 saturated heterocycles. The van der Waals surface area contributed by atoms with Crippen LogP contribution in [0.2, 0.25) is 0 Å². The van der Waals surface area contributed by atoms with E-state index < -0.39 is 6.09 Å². The van der Waals surface area contributed by atoms with Gasteiger partial charge in [-0.15, -0.1) is 11.3 Å². The molecular weight excluding hydrogens is 442 g/mol. The standard InChI is InChI=1S/C23H25N5O4S/c1-13-2-5-17-19(24)20(33-22(17)25-13)21(29)26-15-10-14-3-4-16(11-18(14)32-12-15)27-6-8-28(9-7-27)23(30)31/h2-5,11,15H,6-10,12,24H2,1H3,(H,26,29)(H,30,31)/t15-/m0/s1. The molecule has 0 spiro atoms. The molecule has 1 fully saturated rings. The number of amides is 2. The van der Waals surface area contributed by atoms with Gasteiger partial charge in [0.05, 0.1) is 11.7 Å². The van der Waals surface area contributed by atoms with Crippen molar-refractivity contribution >= 4 is 44.9 Å². The van der Waals surface area contributed by atoms with Gasteiger partial charge in [0.2, 0.25) is 0 Å². The van der Waals surface area contributed by atoms with E-state index in [1.165, 1.54) is 16.2 Å². The van der Waals surface area contributed by atoms with Gasteiger partial charge in [0.15, 0.2) is 0 Å². The maximum Gasteiger partial charge on any atom is 0.407 e. The molecule has 0 bridgehead atoms. The van der Waals surface area contributed by atoms with Crippen LogP contribution >= 0.6 is 11.3 Å². The number of carbonyl (C=O) groups is 2. The fraction of sp³-hybridized carbons (Fsp3) is 0.348. The van der Waals surface area contributed by atoms with Crippen molar-refractivity contribution in [3.63, 3.8) is 0 Å². The number of nitrogens with one attached hydrogen (secondary N) is 1. The molecule has 1 atom stereocenters. The number of rotatable bonds is 3. The summed E-state index contributed by atoms with van der Waals surface area (Å²) in [6, 6.07) is 9.68. The van der Waals surface area contributed by atoms with Crippen molar-refractivity contribution in [3.05, 3.63) is 46.5 Å². The van der Waals surface area contributed by atoms with Gasteiger partial charge in [0.1, 0.15) is 22.1 Å². The Kier molecular flexibility index (Phi) is 5.45. The van der Waals surface area contributed by atoms with Crippen molar-refractivity contribution in [1.29, 1.82) is 0 Å². The number of carboxylic acid groups (broad SMARTS) is 1. The SMILES string of the molecule is Cc1ccc2c(N)c(C(=O)N[C@@H]3COc4cc(N5CCN(C(=O)O)CC5)ccc4C3)sc2n1. The fourth-order valence-corrected chi connectivity index (χ4v) is 5.36. The van der Waals surface area contributed by atoms with Crippen LogP contribution in [0.3, 0.4) is 0 Å². The Labute approximate surface area is 194 Å². The summed E-state index contributed by atoms with van der Waals surface area (Å²) in [6.07, 6.45) is -0.212. The van der Waals surface area contributed by atoms with E-state index >= 15 is 0 Å². The molecule has 5 rings (SSSR count). The number of hydrogen-bond acceptors (Lipinski definition) is 7. The molecule has 2 aromatic heterocycles. The molecule has 0 radical (unpaired) electrons. The minimum atomic E-state index is -0.875. The number of carbonyl (C=O) groups excluding carboxylic acids is 1. The van der Waals surface area contributed by atoms with Gasteiger partial charge < -0.3 is 30.7 Å². The maximum absolute atomic E-state index is 12.9. The normalized spacial score (nSPS) is 18.0. The number of nitrogen functional groups attached to an aromatic ring is 1. The number of fused-ring (bicyclic) bond motifs is 2. The number of ether oxygens (including phenoxy) is 1. The highest BCUT2D eigenvalue weighted by Gasteiger charge is 2.26. The lowest BCUT2D eigenvalue weighted by Gasteiger charge is -2.35. The summed E-state index contributed by atoms with van der Waals surface area (Å²) >= 11 is 1.31. The van der Waals surface area contributed by atoms with Gasteiger partial charge in [-0.25, -0.2) is 9.78 Å². The van der Waals surface area contributed by atoms with Gasteiger partial charge in [-0.3, -0.25) is 4.79 Å². The van der Waals surface area contributed by atoms with Crippen LogP contribution in [0.4, 0.5) is 16.2 Å². The predicted molar refractivity (Wildman–Crippen MR) is 127 cm³/mol. The largest absolute Gasteiger partial charge is 0.491 e. The molecule has 0 saturated carbocycles. The topological polar surface area (TPSA) is 121 Å². The molecule has 33 heavy (non-hydrogen) atoms. The Morgan fingerprint density at radius 1 is 1.21 bits per heavy atom. The van der Waals surface area contributed by atoms with Gasteiger partial charge in [0, 0.05) is 49.0 Å². The highest BCUT2D eigenvalue weighted by Crippen LogP contribution is 2.33. The van der Waals surface area contributed by atoms with Crippen LogP contribution in [0, 0.1) is 6.92 Å². The summed E-state index contributed by atoms with van der Waals surface area (Å²) in [6.45, 7) is 4.54. The average Bonchev–Trinajstić information content (AvgIpc) is 3.14. The summed E-state index contributed by atoms with van der Waals surface area (Å²) < 4.78 is 5.98. The van der Waals surface area contributed by atoms with Gasteiger partial charge in [-0.05, 0) is 37.1 Å². The molecular formula is C23H25N5O4S. The molecule has 172 valence electrons. The van der Waals surface area contributed by atoms with Crippen molar-refractivity contribution in [1.82, 2.24) is 15.2 Å². The Morgan fingerprint density at radius 2 is 2.00 bits per heavy atom. The molecule has 4 N–H and O–H groups in total. The number of anilines is 2. The second-order valence-corrected chi connectivity index (χ2v) is 9.38. The summed E-state index contributed by atoms with van der Waals surface area (Å²) in [5.41, 5.74) is 9.62. The number of piperazine rings is 1. The number of nitrogens with zero attached hydrogens (tertiary/aromatic N) is 3. The number of aryl methyl sites for hydroxylation is 1. The molecule has 9 nitrogen and oxygen atoms in total. The van der Waals surface area contributed by atoms with E-state index in [4.69, 9.17) is 15.6 Å². The fourth-order valence-electron chi connectivity index (χ4n) is 4.32. The Hall–Kier alpha value is -3.53. The molecule has 2 amide bonds. The van der Waals surface area contributed by atoms with E-state index in [2.05, 4.69) is 15.2 Å². The molecule has 0 unspecified atom stereocenters. The molecule has 2 aliphatic rings. The first-order valence-electron chi connectivity index (χ1n) is 10.8. The number of aromatic nitrogens is 1. The van der Waals surface area contributed by atoms with Crippen molar-refractivity contribution < 1.29 is 19.4 Å². The number of nitrogens with two attached hydrogens (primary N) is 1. The number of thiophene rings is 1. The zero-order valence-electron chi connectivity index (χ0n) is 18.2. The van der Waals surface area contributed by atoms with E-state index in [1.54, 1.807) is 0 Å². The second-order valence-electron chi connectivity index (χ2n) is 8.38. The van der Waals surface area contributed by atoms with E-state index in [9.17, 15) is 9.59 Å². The lowest BCUT2D eigenvalue weighted by atomic mass is 10.0. The molecule has 2 aliphatic heterocycles. The highest BCUT2D eigenvalue weighted by molar-refractivity contribution is 7.21. The van der Waals surface area contributed by atoms with Crippen molar-refractivity contribution in [2.75, 3.05) is 43.4 Å². The quantitative estimate of drug-likeness (QED) is 0.542. The van der Waals surface area contributed by atoms with Gasteiger partial charge in [-0.1, -0.05) is 6.07 Å². The minimum absolute atomic E-state index is 0.158. The second kappa shape index (κ2) is 8.43. The molecule has 1 aromatic carbocycles. The number of benzene rings is 1. The number of pyridine rings is 1. The Balaban J connectivity index is 1.25. The van der Waals surface area contributed by atoms with Gasteiger partial charge >= 0.3 is 6.09 Å². The molecule has 10 heteroatoms. The first-order chi connectivity index (χ1) is 15.9. The van der Waals surface area contributed by atoms with E-state index in [0.29, 0.717) is 49.8 Å². The summed E-state index contributed by atoms with van der Waals surface area (Å²) in [5.74, 6) is 0.595. The maximum atomic E-state index is 12.9. The Morgan fingerprint density at radius 3 is 2.76 bits per heavy atom. The van der Waals surface area contributed by atoms with E-state index in [-0.39, 0.29) is 11.9 Å². The zero-order valence-corrected chi connectivity index (χ0v) is 19.0. The first kappa shape index (κ1) is 21.3. The summed E-state index contributed by atoms with van der Waals surface area (Å²) in [5, 5.41) is 13.0. The van der Waals surface area contributed by atoms with Gasteiger partial charge in [-0.2, -0.15) is 0 Å². The summed E-state index contributed by atoms with van der Waals surface area (Å²) in [7, 11) is 0.